The third kappa shape index (κ3) is 3.37. The topological polar surface area (TPSA) is 45.1 Å². The van der Waals surface area contributed by atoms with E-state index in [1.807, 2.05) is 12.1 Å². The van der Waals surface area contributed by atoms with Crippen LogP contribution in [0, 0.1) is 0 Å². The van der Waals surface area contributed by atoms with Crippen molar-refractivity contribution in [3.63, 3.8) is 0 Å². The van der Waals surface area contributed by atoms with Crippen molar-refractivity contribution < 1.29 is 5.11 Å². The van der Waals surface area contributed by atoms with Gasteiger partial charge in [0.15, 0.2) is 5.15 Å². The van der Waals surface area contributed by atoms with Crippen molar-refractivity contribution in [2.24, 2.45) is 0 Å². The predicted molar refractivity (Wildman–Crippen MR) is 80.1 cm³/mol. The largest absolute Gasteiger partial charge is 0.508 e. The lowest BCUT2D eigenvalue weighted by molar-refractivity contribution is 0.469. The van der Waals surface area contributed by atoms with Gasteiger partial charge in [-0.15, -0.1) is 0 Å². The SMILES string of the molecule is Oc1ccc(Br)cc1CNc1cc(Br)cnc1Cl. The van der Waals surface area contributed by atoms with Gasteiger partial charge in [0.1, 0.15) is 5.75 Å². The number of aromatic nitrogens is 1. The summed E-state index contributed by atoms with van der Waals surface area (Å²) < 4.78 is 1.75. The number of anilines is 1. The van der Waals surface area contributed by atoms with Gasteiger partial charge in [-0.25, -0.2) is 4.98 Å². The Labute approximate surface area is 126 Å². The molecule has 3 nitrogen and oxygen atoms in total. The molecule has 0 fully saturated rings. The average molecular weight is 392 g/mol. The quantitative estimate of drug-likeness (QED) is 0.752. The molecule has 2 N–H and O–H groups in total. The number of nitrogens with zero attached hydrogens (tertiary/aromatic N) is 1. The molecule has 0 aliphatic heterocycles. The number of benzene rings is 1. The van der Waals surface area contributed by atoms with Crippen molar-refractivity contribution in [1.82, 2.24) is 4.98 Å². The molecule has 18 heavy (non-hydrogen) atoms. The summed E-state index contributed by atoms with van der Waals surface area (Å²) in [5, 5.41) is 13.2. The van der Waals surface area contributed by atoms with Crippen molar-refractivity contribution >= 4 is 49.1 Å². The van der Waals surface area contributed by atoms with Crippen LogP contribution in [-0.2, 0) is 6.54 Å². The maximum atomic E-state index is 9.72. The zero-order chi connectivity index (χ0) is 13.1. The maximum absolute atomic E-state index is 9.72. The predicted octanol–water partition coefficient (Wildman–Crippen LogP) is 4.58. The van der Waals surface area contributed by atoms with E-state index in [2.05, 4.69) is 42.2 Å². The smallest absolute Gasteiger partial charge is 0.152 e. The molecule has 0 aliphatic rings. The van der Waals surface area contributed by atoms with Crippen molar-refractivity contribution in [3.05, 3.63) is 50.1 Å². The van der Waals surface area contributed by atoms with Crippen LogP contribution in [0.5, 0.6) is 5.75 Å². The summed E-state index contributed by atoms with van der Waals surface area (Å²) in [5.41, 5.74) is 1.49. The van der Waals surface area contributed by atoms with Crippen LogP contribution in [0.4, 0.5) is 5.69 Å². The van der Waals surface area contributed by atoms with E-state index in [0.29, 0.717) is 17.4 Å². The average Bonchev–Trinajstić information content (AvgIpc) is 2.34. The van der Waals surface area contributed by atoms with Crippen LogP contribution in [-0.4, -0.2) is 10.1 Å². The van der Waals surface area contributed by atoms with Gasteiger partial charge in [0.25, 0.3) is 0 Å². The van der Waals surface area contributed by atoms with Gasteiger partial charge in [-0.1, -0.05) is 27.5 Å². The molecular formula is C12H9Br2ClN2O. The standard InChI is InChI=1S/C12H9Br2ClN2O/c13-8-1-2-11(18)7(3-8)5-16-10-4-9(14)6-17-12(10)15/h1-4,6,16,18H,5H2. The van der Waals surface area contributed by atoms with E-state index in [1.54, 1.807) is 18.3 Å². The van der Waals surface area contributed by atoms with Crippen LogP contribution in [0.25, 0.3) is 0 Å². The van der Waals surface area contributed by atoms with Gasteiger partial charge in [0, 0.05) is 27.3 Å². The lowest BCUT2D eigenvalue weighted by Gasteiger charge is -2.10. The van der Waals surface area contributed by atoms with E-state index in [4.69, 9.17) is 11.6 Å². The Morgan fingerprint density at radius 1 is 1.22 bits per heavy atom. The molecule has 0 radical (unpaired) electrons. The van der Waals surface area contributed by atoms with Crippen molar-refractivity contribution in [2.75, 3.05) is 5.32 Å². The Balaban J connectivity index is 2.16. The Morgan fingerprint density at radius 3 is 2.78 bits per heavy atom. The summed E-state index contributed by atoms with van der Waals surface area (Å²) >= 11 is 12.7. The first-order valence-electron chi connectivity index (χ1n) is 5.08. The zero-order valence-electron chi connectivity index (χ0n) is 9.12. The fourth-order valence-electron chi connectivity index (χ4n) is 1.43. The third-order valence-corrected chi connectivity index (χ3v) is 3.54. The van der Waals surface area contributed by atoms with Crippen LogP contribution in [0.2, 0.25) is 5.15 Å². The zero-order valence-corrected chi connectivity index (χ0v) is 13.1. The summed E-state index contributed by atoms with van der Waals surface area (Å²) in [4.78, 5) is 4.02. The normalized spacial score (nSPS) is 10.4. The van der Waals surface area contributed by atoms with Gasteiger partial charge >= 0.3 is 0 Å². The molecule has 2 rings (SSSR count). The summed E-state index contributed by atoms with van der Waals surface area (Å²) in [6, 6.07) is 7.11. The molecule has 0 spiro atoms. The van der Waals surface area contributed by atoms with Gasteiger partial charge in [-0.3, -0.25) is 0 Å². The molecule has 2 aromatic rings. The Hall–Kier alpha value is -0.780. The van der Waals surface area contributed by atoms with Crippen LogP contribution in [0.3, 0.4) is 0 Å². The minimum Gasteiger partial charge on any atom is -0.508 e. The van der Waals surface area contributed by atoms with Crippen LogP contribution in [0.1, 0.15) is 5.56 Å². The van der Waals surface area contributed by atoms with E-state index in [0.717, 1.165) is 14.5 Å². The van der Waals surface area contributed by atoms with E-state index in [-0.39, 0.29) is 5.75 Å². The number of halogens is 3. The Kier molecular flexibility index (Phi) is 4.48. The molecule has 0 aliphatic carbocycles. The second kappa shape index (κ2) is 5.91. The summed E-state index contributed by atoms with van der Waals surface area (Å²) in [5.74, 6) is 0.241. The van der Waals surface area contributed by atoms with E-state index in [9.17, 15) is 5.11 Å². The molecule has 6 heteroatoms. The van der Waals surface area contributed by atoms with Crippen molar-refractivity contribution in [1.29, 1.82) is 0 Å². The molecule has 1 aromatic carbocycles. The fraction of sp³-hybridized carbons (Fsp3) is 0.0833. The monoisotopic (exact) mass is 390 g/mol. The van der Waals surface area contributed by atoms with Crippen LogP contribution >= 0.6 is 43.5 Å². The first kappa shape index (κ1) is 13.6. The highest BCUT2D eigenvalue weighted by Crippen LogP contribution is 2.26. The second-order valence-corrected chi connectivity index (χ2v) is 5.81. The second-order valence-electron chi connectivity index (χ2n) is 3.62. The lowest BCUT2D eigenvalue weighted by Crippen LogP contribution is -2.01. The first-order valence-corrected chi connectivity index (χ1v) is 7.05. The molecule has 0 bridgehead atoms. The molecule has 0 saturated heterocycles. The highest BCUT2D eigenvalue weighted by molar-refractivity contribution is 9.10. The van der Waals surface area contributed by atoms with Gasteiger partial charge < -0.3 is 10.4 Å². The number of phenols is 1. The minimum absolute atomic E-state index is 0.241. The van der Waals surface area contributed by atoms with Gasteiger partial charge in [-0.05, 0) is 40.2 Å². The highest BCUT2D eigenvalue weighted by atomic mass is 79.9. The summed E-state index contributed by atoms with van der Waals surface area (Å²) in [6.07, 6.45) is 1.63. The Bertz CT molecular complexity index is 526. The van der Waals surface area contributed by atoms with Gasteiger partial charge in [-0.2, -0.15) is 0 Å². The molecule has 94 valence electrons. The number of phenolic OH excluding ortho intramolecular Hbond substituents is 1. The third-order valence-electron chi connectivity index (χ3n) is 2.32. The molecule has 0 atom stereocenters. The van der Waals surface area contributed by atoms with E-state index < -0.39 is 0 Å². The van der Waals surface area contributed by atoms with Crippen molar-refractivity contribution in [2.45, 2.75) is 6.54 Å². The molecule has 0 saturated carbocycles. The molecule has 0 amide bonds. The highest BCUT2D eigenvalue weighted by Gasteiger charge is 2.05. The van der Waals surface area contributed by atoms with Crippen LogP contribution in [0.15, 0.2) is 39.4 Å². The minimum atomic E-state index is 0.241. The van der Waals surface area contributed by atoms with Gasteiger partial charge in [0.2, 0.25) is 0 Å². The van der Waals surface area contributed by atoms with E-state index >= 15 is 0 Å². The van der Waals surface area contributed by atoms with E-state index in [1.165, 1.54) is 0 Å². The number of rotatable bonds is 3. The first-order chi connectivity index (χ1) is 8.56. The molecular weight excluding hydrogens is 383 g/mol. The fourth-order valence-corrected chi connectivity index (χ4v) is 2.34. The molecule has 1 heterocycles. The number of nitrogens with one attached hydrogen (secondary N) is 1. The molecule has 1 aromatic heterocycles. The number of hydrogen-bond donors (Lipinski definition) is 2. The number of pyridine rings is 1. The lowest BCUT2D eigenvalue weighted by atomic mass is 10.2. The summed E-state index contributed by atoms with van der Waals surface area (Å²) in [6.45, 7) is 0.461. The van der Waals surface area contributed by atoms with Gasteiger partial charge in [0.05, 0.1) is 5.69 Å². The van der Waals surface area contributed by atoms with Crippen LogP contribution < -0.4 is 5.32 Å². The number of aromatic hydroxyl groups is 1. The number of hydrogen-bond acceptors (Lipinski definition) is 3. The Morgan fingerprint density at radius 2 is 2.00 bits per heavy atom. The maximum Gasteiger partial charge on any atom is 0.152 e. The van der Waals surface area contributed by atoms with Crippen molar-refractivity contribution in [3.8, 4) is 5.75 Å². The molecule has 0 unspecified atom stereocenters. The summed E-state index contributed by atoms with van der Waals surface area (Å²) in [7, 11) is 0.